The summed E-state index contributed by atoms with van der Waals surface area (Å²) in [6, 6.07) is 26.6. The van der Waals surface area contributed by atoms with Gasteiger partial charge in [0.15, 0.2) is 0 Å². The standard InChI is InChI=1S/C31H27F3N2O3.H3N/c32-31(33,34)23-11-13-24(14-12-23)39-28(21-7-3-1-4-8-21)17-19-35-30(38)25-18-20-36-26(25)15-16-27(36)29(37)22-9-5-2-6-10-22;/h1-16,25,28H,17-20H2,(H,35,38);1H3/t25?,28-;/m1./s1. The Balaban J connectivity index is 0.00000370. The zero-order valence-electron chi connectivity index (χ0n) is 21.7. The molecule has 4 aromatic rings. The zero-order valence-corrected chi connectivity index (χ0v) is 21.7. The number of alkyl halides is 3. The first-order chi connectivity index (χ1) is 18.8. The molecular weight excluding hydrogens is 519 g/mol. The van der Waals surface area contributed by atoms with E-state index in [0.717, 1.165) is 23.4 Å². The number of ketones is 1. The highest BCUT2D eigenvalue weighted by Gasteiger charge is 2.32. The van der Waals surface area contributed by atoms with E-state index in [1.54, 1.807) is 18.2 Å². The highest BCUT2D eigenvalue weighted by Crippen LogP contribution is 2.33. The molecule has 1 aliphatic rings. The number of nitrogens with one attached hydrogen (secondary N) is 1. The van der Waals surface area contributed by atoms with Crippen LogP contribution in [0.5, 0.6) is 5.75 Å². The lowest BCUT2D eigenvalue weighted by atomic mass is 10.0. The zero-order chi connectivity index (χ0) is 27.4. The van der Waals surface area contributed by atoms with Crippen LogP contribution in [0, 0.1) is 0 Å². The number of carbonyl (C=O) groups is 2. The van der Waals surface area contributed by atoms with Crippen molar-refractivity contribution in [3.05, 3.63) is 125 Å². The van der Waals surface area contributed by atoms with Crippen molar-refractivity contribution in [1.82, 2.24) is 16.0 Å². The van der Waals surface area contributed by atoms with Crippen LogP contribution in [0.4, 0.5) is 13.2 Å². The largest absolute Gasteiger partial charge is 0.486 e. The normalized spacial score (nSPS) is 15.0. The quantitative estimate of drug-likeness (QED) is 0.227. The summed E-state index contributed by atoms with van der Waals surface area (Å²) < 4.78 is 46.7. The van der Waals surface area contributed by atoms with Crippen molar-refractivity contribution in [2.45, 2.75) is 37.6 Å². The first-order valence-corrected chi connectivity index (χ1v) is 12.8. The van der Waals surface area contributed by atoms with E-state index in [1.165, 1.54) is 12.1 Å². The Hall–Kier alpha value is -4.37. The first-order valence-electron chi connectivity index (χ1n) is 12.8. The van der Waals surface area contributed by atoms with E-state index in [0.29, 0.717) is 42.9 Å². The maximum Gasteiger partial charge on any atom is 0.416 e. The number of fused-ring (bicyclic) bond motifs is 1. The molecule has 2 heterocycles. The van der Waals surface area contributed by atoms with Crippen LogP contribution in [0.2, 0.25) is 0 Å². The van der Waals surface area contributed by atoms with Crippen LogP contribution in [0.15, 0.2) is 97.1 Å². The Morgan fingerprint density at radius 1 is 0.900 bits per heavy atom. The maximum atomic E-state index is 13.1. The van der Waals surface area contributed by atoms with Gasteiger partial charge in [-0.15, -0.1) is 0 Å². The van der Waals surface area contributed by atoms with Crippen molar-refractivity contribution in [1.29, 1.82) is 0 Å². The van der Waals surface area contributed by atoms with Gasteiger partial charge < -0.3 is 20.8 Å². The Kier molecular flexibility index (Phi) is 8.74. The summed E-state index contributed by atoms with van der Waals surface area (Å²) in [4.78, 5) is 26.1. The monoisotopic (exact) mass is 549 g/mol. The fourth-order valence-electron chi connectivity index (χ4n) is 4.94. The molecule has 4 N–H and O–H groups in total. The van der Waals surface area contributed by atoms with Crippen LogP contribution in [0.25, 0.3) is 0 Å². The summed E-state index contributed by atoms with van der Waals surface area (Å²) >= 11 is 0. The molecule has 5 rings (SSSR count). The van der Waals surface area contributed by atoms with Crippen LogP contribution in [-0.4, -0.2) is 22.8 Å². The topological polar surface area (TPSA) is 95.3 Å². The number of amides is 1. The van der Waals surface area contributed by atoms with Gasteiger partial charge in [0.25, 0.3) is 0 Å². The summed E-state index contributed by atoms with van der Waals surface area (Å²) in [6.07, 6.45) is -3.87. The molecule has 2 atom stereocenters. The molecule has 1 amide bonds. The number of halogens is 3. The second kappa shape index (κ2) is 12.2. The van der Waals surface area contributed by atoms with Crippen molar-refractivity contribution in [3.8, 4) is 5.75 Å². The molecule has 40 heavy (non-hydrogen) atoms. The Morgan fingerprint density at radius 3 is 2.20 bits per heavy atom. The summed E-state index contributed by atoms with van der Waals surface area (Å²) in [5, 5.41) is 2.98. The highest BCUT2D eigenvalue weighted by atomic mass is 19.4. The van der Waals surface area contributed by atoms with Gasteiger partial charge >= 0.3 is 6.18 Å². The Morgan fingerprint density at radius 2 is 1.55 bits per heavy atom. The average Bonchev–Trinajstić information content (AvgIpc) is 3.55. The molecule has 0 saturated heterocycles. The molecule has 1 aliphatic heterocycles. The van der Waals surface area contributed by atoms with Crippen molar-refractivity contribution >= 4 is 11.7 Å². The lowest BCUT2D eigenvalue weighted by Gasteiger charge is -2.21. The average molecular weight is 550 g/mol. The fourth-order valence-corrected chi connectivity index (χ4v) is 4.94. The van der Waals surface area contributed by atoms with Crippen LogP contribution < -0.4 is 16.2 Å². The molecule has 3 aromatic carbocycles. The molecule has 1 unspecified atom stereocenters. The molecule has 0 saturated carbocycles. The number of hydrogen-bond acceptors (Lipinski definition) is 4. The maximum absolute atomic E-state index is 13.1. The van der Waals surface area contributed by atoms with E-state index in [4.69, 9.17) is 4.74 Å². The van der Waals surface area contributed by atoms with Gasteiger partial charge in [0, 0.05) is 30.8 Å². The van der Waals surface area contributed by atoms with Gasteiger partial charge in [-0.1, -0.05) is 60.7 Å². The molecule has 0 bridgehead atoms. The summed E-state index contributed by atoms with van der Waals surface area (Å²) in [5.41, 5.74) is 2.10. The highest BCUT2D eigenvalue weighted by molar-refractivity contribution is 6.08. The van der Waals surface area contributed by atoms with Crippen LogP contribution in [0.3, 0.4) is 0 Å². The molecule has 0 spiro atoms. The van der Waals surface area contributed by atoms with E-state index in [1.807, 2.05) is 59.2 Å². The second-order valence-electron chi connectivity index (χ2n) is 9.45. The van der Waals surface area contributed by atoms with E-state index in [2.05, 4.69) is 5.32 Å². The van der Waals surface area contributed by atoms with Crippen molar-refractivity contribution in [3.63, 3.8) is 0 Å². The predicted molar refractivity (Wildman–Crippen MR) is 146 cm³/mol. The minimum absolute atomic E-state index is 0. The predicted octanol–water partition coefficient (Wildman–Crippen LogP) is 6.71. The van der Waals surface area contributed by atoms with E-state index < -0.39 is 17.8 Å². The smallest absolute Gasteiger partial charge is 0.416 e. The fraction of sp³-hybridized carbons (Fsp3) is 0.226. The van der Waals surface area contributed by atoms with Gasteiger partial charge in [-0.05, 0) is 48.4 Å². The van der Waals surface area contributed by atoms with Crippen LogP contribution in [-0.2, 0) is 17.5 Å². The number of aromatic nitrogens is 1. The SMILES string of the molecule is N.O=C(c1ccccc1)c1ccc2n1CCC2C(=O)NCC[C@@H](Oc1ccc(C(F)(F)F)cc1)c1ccccc1. The lowest BCUT2D eigenvalue weighted by Crippen LogP contribution is -2.30. The molecule has 0 aliphatic carbocycles. The number of carbonyl (C=O) groups excluding carboxylic acids is 2. The molecule has 9 heteroatoms. The van der Waals surface area contributed by atoms with Gasteiger partial charge in [-0.25, -0.2) is 0 Å². The lowest BCUT2D eigenvalue weighted by molar-refractivity contribution is -0.137. The molecule has 6 nitrogen and oxygen atoms in total. The summed E-state index contributed by atoms with van der Waals surface area (Å²) in [6.45, 7) is 0.893. The van der Waals surface area contributed by atoms with Gasteiger partial charge in [0.1, 0.15) is 11.9 Å². The van der Waals surface area contributed by atoms with Gasteiger partial charge in [-0.2, -0.15) is 13.2 Å². The third kappa shape index (κ3) is 6.26. The van der Waals surface area contributed by atoms with E-state index >= 15 is 0 Å². The summed E-state index contributed by atoms with van der Waals surface area (Å²) in [7, 11) is 0. The number of hydrogen-bond donors (Lipinski definition) is 2. The molecule has 0 fully saturated rings. The van der Waals surface area contributed by atoms with E-state index in [-0.39, 0.29) is 23.8 Å². The summed E-state index contributed by atoms with van der Waals surface area (Å²) in [5.74, 6) is -0.262. The number of benzene rings is 3. The Bertz CT molecular complexity index is 1440. The molecular formula is C31H30F3N3O3. The number of rotatable bonds is 9. The molecule has 0 radical (unpaired) electrons. The van der Waals surface area contributed by atoms with Gasteiger partial charge in [-0.3, -0.25) is 9.59 Å². The van der Waals surface area contributed by atoms with Crippen molar-refractivity contribution in [2.75, 3.05) is 6.54 Å². The number of nitrogens with zero attached hydrogens (tertiary/aromatic N) is 1. The van der Waals surface area contributed by atoms with Gasteiger partial charge in [0.05, 0.1) is 17.2 Å². The van der Waals surface area contributed by atoms with E-state index in [9.17, 15) is 22.8 Å². The second-order valence-corrected chi connectivity index (χ2v) is 9.45. The van der Waals surface area contributed by atoms with Gasteiger partial charge in [0.2, 0.25) is 11.7 Å². The van der Waals surface area contributed by atoms with Crippen LogP contribution in [0.1, 0.15) is 57.7 Å². The van der Waals surface area contributed by atoms with Crippen molar-refractivity contribution < 1.29 is 27.5 Å². The molecule has 1 aromatic heterocycles. The first kappa shape index (κ1) is 28.6. The Labute approximate surface area is 230 Å². The minimum atomic E-state index is -4.42. The third-order valence-electron chi connectivity index (χ3n) is 6.94. The molecule has 208 valence electrons. The van der Waals surface area contributed by atoms with Crippen LogP contribution >= 0.6 is 0 Å². The van der Waals surface area contributed by atoms with Crippen molar-refractivity contribution in [2.24, 2.45) is 0 Å². The third-order valence-corrected chi connectivity index (χ3v) is 6.94. The number of ether oxygens (including phenoxy) is 1. The minimum Gasteiger partial charge on any atom is -0.486 e.